The Hall–Kier alpha value is -2.89. The zero-order valence-electron chi connectivity index (χ0n) is 13.2. The highest BCUT2D eigenvalue weighted by atomic mass is 16.1. The maximum absolute atomic E-state index is 12.2. The maximum Gasteiger partial charge on any atom is 0.271 e. The Bertz CT molecular complexity index is 766. The van der Waals surface area contributed by atoms with E-state index in [0.29, 0.717) is 17.9 Å². The fourth-order valence-corrected chi connectivity index (χ4v) is 2.33. The van der Waals surface area contributed by atoms with Crippen LogP contribution < -0.4 is 10.2 Å². The lowest BCUT2D eigenvalue weighted by Gasteiger charge is -2.27. The van der Waals surface area contributed by atoms with Gasteiger partial charge in [0.25, 0.3) is 5.91 Å². The molecule has 0 bridgehead atoms. The minimum absolute atomic E-state index is 0.163. The van der Waals surface area contributed by atoms with Gasteiger partial charge in [-0.1, -0.05) is 18.2 Å². The molecule has 0 aliphatic heterocycles. The van der Waals surface area contributed by atoms with Gasteiger partial charge in [-0.2, -0.15) is 5.10 Å². The quantitative estimate of drug-likeness (QED) is 0.783. The number of likely N-dealkylation sites (N-methyl/N-ethyl adjacent to an activating group) is 1. The topological polar surface area (TPSA) is 62.5 Å². The minimum Gasteiger partial charge on any atom is -0.370 e. The van der Waals surface area contributed by atoms with E-state index in [1.165, 1.54) is 0 Å². The monoisotopic (exact) mass is 309 g/mol. The molecule has 3 aromatic rings. The Kier molecular flexibility index (Phi) is 4.23. The van der Waals surface area contributed by atoms with Gasteiger partial charge in [-0.05, 0) is 25.1 Å². The van der Waals surface area contributed by atoms with Gasteiger partial charge < -0.3 is 10.2 Å². The first-order chi connectivity index (χ1) is 11.1. The zero-order valence-corrected chi connectivity index (χ0v) is 13.2. The standard InChI is InChI=1S/C17H19N5O/c1-13(21(2)14-7-4-3-5-8-14)12-19-17(23)15-11-16-18-9-6-10-22(16)20-15/h3-11,13H,12H2,1-2H3,(H,19,23)/t13-/m0/s1. The molecule has 0 radical (unpaired) electrons. The van der Waals surface area contributed by atoms with Gasteiger partial charge in [-0.25, -0.2) is 9.50 Å². The van der Waals surface area contributed by atoms with Crippen molar-refractivity contribution in [1.82, 2.24) is 19.9 Å². The summed E-state index contributed by atoms with van der Waals surface area (Å²) in [6, 6.07) is 13.7. The number of anilines is 1. The number of amides is 1. The molecule has 0 fully saturated rings. The van der Waals surface area contributed by atoms with Crippen molar-refractivity contribution in [3.8, 4) is 0 Å². The highest BCUT2D eigenvalue weighted by Gasteiger charge is 2.14. The lowest BCUT2D eigenvalue weighted by atomic mass is 10.2. The van der Waals surface area contributed by atoms with Gasteiger partial charge in [0.05, 0.1) is 0 Å². The number of nitrogens with zero attached hydrogens (tertiary/aromatic N) is 4. The van der Waals surface area contributed by atoms with Crippen LogP contribution in [0.2, 0.25) is 0 Å². The number of aromatic nitrogens is 3. The van der Waals surface area contributed by atoms with Crippen molar-refractivity contribution in [3.05, 3.63) is 60.6 Å². The normalized spacial score (nSPS) is 12.1. The van der Waals surface area contributed by atoms with Crippen LogP contribution in [-0.4, -0.2) is 40.1 Å². The van der Waals surface area contributed by atoms with Gasteiger partial charge >= 0.3 is 0 Å². The number of rotatable bonds is 5. The summed E-state index contributed by atoms with van der Waals surface area (Å²) in [5.41, 5.74) is 2.15. The Balaban J connectivity index is 1.62. The van der Waals surface area contributed by atoms with Crippen molar-refractivity contribution in [2.24, 2.45) is 0 Å². The molecule has 2 aromatic heterocycles. The summed E-state index contributed by atoms with van der Waals surface area (Å²) < 4.78 is 1.59. The lowest BCUT2D eigenvalue weighted by Crippen LogP contribution is -2.40. The van der Waals surface area contributed by atoms with Gasteiger partial charge in [0, 0.05) is 43.8 Å². The van der Waals surface area contributed by atoms with E-state index in [4.69, 9.17) is 0 Å². The van der Waals surface area contributed by atoms with Crippen molar-refractivity contribution in [2.75, 3.05) is 18.5 Å². The van der Waals surface area contributed by atoms with E-state index in [0.717, 1.165) is 5.69 Å². The third-order valence-electron chi connectivity index (χ3n) is 3.85. The number of benzene rings is 1. The number of para-hydroxylation sites is 1. The molecular weight excluding hydrogens is 290 g/mol. The van der Waals surface area contributed by atoms with Crippen LogP contribution in [0, 0.1) is 0 Å². The van der Waals surface area contributed by atoms with E-state index in [-0.39, 0.29) is 11.9 Å². The van der Waals surface area contributed by atoms with E-state index >= 15 is 0 Å². The summed E-state index contributed by atoms with van der Waals surface area (Å²) in [5.74, 6) is -0.191. The molecule has 2 heterocycles. The Morgan fingerprint density at radius 1 is 1.30 bits per heavy atom. The zero-order chi connectivity index (χ0) is 16.2. The molecule has 0 aliphatic carbocycles. The van der Waals surface area contributed by atoms with E-state index < -0.39 is 0 Å². The summed E-state index contributed by atoms with van der Waals surface area (Å²) in [4.78, 5) is 18.5. The molecule has 3 rings (SSSR count). The number of carbonyl (C=O) groups excluding carboxylic acids is 1. The second-order valence-corrected chi connectivity index (χ2v) is 5.46. The Morgan fingerprint density at radius 2 is 2.09 bits per heavy atom. The minimum atomic E-state index is -0.191. The predicted octanol–water partition coefficient (Wildman–Crippen LogP) is 1.98. The Morgan fingerprint density at radius 3 is 2.83 bits per heavy atom. The van der Waals surface area contributed by atoms with Crippen LogP contribution in [0.1, 0.15) is 17.4 Å². The first-order valence-electron chi connectivity index (χ1n) is 7.51. The van der Waals surface area contributed by atoms with Crippen LogP contribution in [-0.2, 0) is 0 Å². The second-order valence-electron chi connectivity index (χ2n) is 5.46. The third-order valence-corrected chi connectivity index (χ3v) is 3.85. The lowest BCUT2D eigenvalue weighted by molar-refractivity contribution is 0.0946. The molecule has 23 heavy (non-hydrogen) atoms. The average Bonchev–Trinajstić information content (AvgIpc) is 3.03. The van der Waals surface area contributed by atoms with Crippen molar-refractivity contribution >= 4 is 17.2 Å². The van der Waals surface area contributed by atoms with Crippen molar-refractivity contribution in [1.29, 1.82) is 0 Å². The van der Waals surface area contributed by atoms with Crippen molar-refractivity contribution in [3.63, 3.8) is 0 Å². The van der Waals surface area contributed by atoms with Crippen LogP contribution in [0.5, 0.6) is 0 Å². The molecular formula is C17H19N5O. The summed E-state index contributed by atoms with van der Waals surface area (Å²) in [6.45, 7) is 2.60. The van der Waals surface area contributed by atoms with Crippen LogP contribution in [0.25, 0.3) is 5.65 Å². The summed E-state index contributed by atoms with van der Waals surface area (Å²) in [6.07, 6.45) is 3.44. The van der Waals surface area contributed by atoms with Crippen LogP contribution in [0.15, 0.2) is 54.9 Å². The number of hydrogen-bond donors (Lipinski definition) is 1. The first kappa shape index (κ1) is 15.0. The average molecular weight is 309 g/mol. The molecule has 0 saturated carbocycles. The predicted molar refractivity (Wildman–Crippen MR) is 89.6 cm³/mol. The summed E-state index contributed by atoms with van der Waals surface area (Å²) in [5, 5.41) is 7.15. The van der Waals surface area contributed by atoms with Crippen LogP contribution in [0.4, 0.5) is 5.69 Å². The second kappa shape index (κ2) is 6.48. The largest absolute Gasteiger partial charge is 0.370 e. The smallest absolute Gasteiger partial charge is 0.271 e. The molecule has 0 saturated heterocycles. The van der Waals surface area contributed by atoms with Crippen molar-refractivity contribution in [2.45, 2.75) is 13.0 Å². The fraction of sp³-hybridized carbons (Fsp3) is 0.235. The summed E-state index contributed by atoms with van der Waals surface area (Å²) in [7, 11) is 2.01. The van der Waals surface area contributed by atoms with E-state index in [2.05, 4.69) is 27.2 Å². The molecule has 0 aliphatic rings. The molecule has 6 nitrogen and oxygen atoms in total. The third kappa shape index (κ3) is 3.31. The van der Waals surface area contributed by atoms with Gasteiger partial charge in [-0.3, -0.25) is 4.79 Å². The maximum atomic E-state index is 12.2. The highest BCUT2D eigenvalue weighted by molar-refractivity contribution is 5.93. The van der Waals surface area contributed by atoms with E-state index in [1.54, 1.807) is 29.0 Å². The molecule has 1 N–H and O–H groups in total. The van der Waals surface area contributed by atoms with Gasteiger partial charge in [0.15, 0.2) is 11.3 Å². The molecule has 0 unspecified atom stereocenters. The molecule has 0 spiro atoms. The number of fused-ring (bicyclic) bond motifs is 1. The molecule has 1 atom stereocenters. The summed E-state index contributed by atoms with van der Waals surface area (Å²) >= 11 is 0. The van der Waals surface area contributed by atoms with Gasteiger partial charge in [0.1, 0.15) is 0 Å². The SMILES string of the molecule is C[C@@H](CNC(=O)c1cc2ncccn2n1)N(C)c1ccccc1. The van der Waals surface area contributed by atoms with Gasteiger partial charge in [-0.15, -0.1) is 0 Å². The number of nitrogens with one attached hydrogen (secondary N) is 1. The van der Waals surface area contributed by atoms with Crippen LogP contribution in [0.3, 0.4) is 0 Å². The van der Waals surface area contributed by atoms with Gasteiger partial charge in [0.2, 0.25) is 0 Å². The highest BCUT2D eigenvalue weighted by Crippen LogP contribution is 2.13. The Labute approximate surface area is 134 Å². The molecule has 1 aromatic carbocycles. The molecule has 1 amide bonds. The molecule has 6 heteroatoms. The van der Waals surface area contributed by atoms with E-state index in [1.807, 2.05) is 37.4 Å². The van der Waals surface area contributed by atoms with Crippen molar-refractivity contribution < 1.29 is 4.79 Å². The van der Waals surface area contributed by atoms with E-state index in [9.17, 15) is 4.79 Å². The first-order valence-corrected chi connectivity index (χ1v) is 7.51. The fourth-order valence-electron chi connectivity index (χ4n) is 2.33. The molecule has 118 valence electrons. The number of carbonyl (C=O) groups is 1. The van der Waals surface area contributed by atoms with Crippen LogP contribution >= 0.6 is 0 Å². The number of hydrogen-bond acceptors (Lipinski definition) is 4.